The van der Waals surface area contributed by atoms with Gasteiger partial charge in [0.1, 0.15) is 6.17 Å². The lowest BCUT2D eigenvalue weighted by molar-refractivity contribution is 0.359. The lowest BCUT2D eigenvalue weighted by atomic mass is 9.70. The third kappa shape index (κ3) is 4.72. The molecule has 4 heteroatoms. The van der Waals surface area contributed by atoms with Crippen LogP contribution in [0.1, 0.15) is 45.1 Å². The zero-order chi connectivity index (χ0) is 38.4. The third-order valence-corrected chi connectivity index (χ3v) is 12.4. The maximum absolute atomic E-state index is 6.58. The summed E-state index contributed by atoms with van der Waals surface area (Å²) in [6.07, 6.45) is 2.00. The van der Waals surface area contributed by atoms with Crippen molar-refractivity contribution in [1.82, 2.24) is 4.90 Å². The van der Waals surface area contributed by atoms with E-state index in [0.29, 0.717) is 0 Å². The quantitative estimate of drug-likeness (QED) is 0.180. The molecule has 0 radical (unpaired) electrons. The highest BCUT2D eigenvalue weighted by molar-refractivity contribution is 6.13. The molecule has 0 N–H and O–H groups in total. The van der Waals surface area contributed by atoms with Crippen molar-refractivity contribution >= 4 is 11.4 Å². The minimum absolute atomic E-state index is 0.218. The van der Waals surface area contributed by atoms with E-state index in [9.17, 15) is 0 Å². The largest absolute Gasteiger partial charge is 0.450 e. The van der Waals surface area contributed by atoms with Crippen molar-refractivity contribution in [2.45, 2.75) is 11.6 Å². The number of hydrogen-bond acceptors (Lipinski definition) is 4. The van der Waals surface area contributed by atoms with E-state index < -0.39 is 5.41 Å². The Balaban J connectivity index is 1.03. The number of fused-ring (bicyclic) bond motifs is 12. The van der Waals surface area contributed by atoms with Crippen LogP contribution in [0.5, 0.6) is 23.0 Å². The Morgan fingerprint density at radius 3 is 1.69 bits per heavy atom. The number of benzene rings is 8. The maximum atomic E-state index is 6.58. The summed E-state index contributed by atoms with van der Waals surface area (Å²) in [7, 11) is 2.15. The number of rotatable bonds is 4. The molecule has 0 aromatic heterocycles. The number of nitrogens with zero attached hydrogens (tertiary/aromatic N) is 2. The summed E-state index contributed by atoms with van der Waals surface area (Å²) < 4.78 is 13.1. The number of hydrogen-bond donors (Lipinski definition) is 0. The first-order valence-corrected chi connectivity index (χ1v) is 19.9. The number of ether oxygens (including phenoxy) is 2. The van der Waals surface area contributed by atoms with Crippen molar-refractivity contribution in [3.05, 3.63) is 233 Å². The molecular weight excluding hydrogens is 709 g/mol. The normalized spacial score (nSPS) is 16.1. The topological polar surface area (TPSA) is 34.1 Å². The van der Waals surface area contributed by atoms with Gasteiger partial charge in [-0.25, -0.2) is 0 Å². The Bertz CT molecular complexity index is 2990. The van der Waals surface area contributed by atoms with E-state index in [2.05, 4.69) is 182 Å². The Morgan fingerprint density at radius 2 is 0.983 bits per heavy atom. The van der Waals surface area contributed by atoms with Crippen LogP contribution in [0.15, 0.2) is 199 Å². The van der Waals surface area contributed by atoms with E-state index in [-0.39, 0.29) is 6.17 Å². The standard InChI is InChI=1S/C54H36N2O2/c1-56-48(35-17-6-3-7-18-35)33-47(34-15-4-2-5-16-34)55-53(56)38-20-14-19-36(29-38)37-27-28-41-42-31-51-52(58-50-26-13-12-25-49(50)57-51)32-46(42)54(45(41)30-37)43-23-10-8-21-39(43)40-22-9-11-24-44(40)54/h2-33,53H,1H3. The van der Waals surface area contributed by atoms with Gasteiger partial charge in [0.05, 0.1) is 11.1 Å². The van der Waals surface area contributed by atoms with Gasteiger partial charge >= 0.3 is 0 Å². The highest BCUT2D eigenvalue weighted by atomic mass is 16.6. The third-order valence-electron chi connectivity index (χ3n) is 12.4. The smallest absolute Gasteiger partial charge is 0.170 e. The van der Waals surface area contributed by atoms with Gasteiger partial charge in [0.25, 0.3) is 0 Å². The van der Waals surface area contributed by atoms with Gasteiger partial charge in [0, 0.05) is 12.7 Å². The average molecular weight is 745 g/mol. The SMILES string of the molecule is CN1C(c2ccccc2)=CC(c2ccccc2)=NC1c1cccc(-c2ccc3c(c2)C2(c4ccccc4-c4ccccc42)c2cc4c(cc2-3)Oc2ccccc2O4)c1. The molecule has 4 nitrogen and oxygen atoms in total. The van der Waals surface area contributed by atoms with Crippen LogP contribution in [0, 0.1) is 0 Å². The molecule has 0 fully saturated rings. The molecular formula is C54H36N2O2. The van der Waals surface area contributed by atoms with Crippen LogP contribution >= 0.6 is 0 Å². The van der Waals surface area contributed by atoms with Crippen molar-refractivity contribution in [2.24, 2.45) is 4.99 Å². The second-order valence-electron chi connectivity index (χ2n) is 15.5. The Hall–Kier alpha value is -7.43. The fourth-order valence-corrected chi connectivity index (χ4v) is 9.80. The molecule has 0 saturated carbocycles. The summed E-state index contributed by atoms with van der Waals surface area (Å²) in [5.41, 5.74) is 17.2. The fraction of sp³-hybridized carbons (Fsp3) is 0.0556. The second-order valence-corrected chi connectivity index (χ2v) is 15.5. The molecule has 1 spiro atoms. The van der Waals surface area contributed by atoms with E-state index >= 15 is 0 Å². The highest BCUT2D eigenvalue weighted by Crippen LogP contribution is 2.65. The Morgan fingerprint density at radius 1 is 0.431 bits per heavy atom. The first-order chi connectivity index (χ1) is 28.6. The Labute approximate surface area is 337 Å². The first-order valence-electron chi connectivity index (χ1n) is 19.9. The molecule has 4 aliphatic rings. The minimum Gasteiger partial charge on any atom is -0.450 e. The molecule has 0 bridgehead atoms. The van der Waals surface area contributed by atoms with Crippen LogP contribution in [-0.2, 0) is 5.41 Å². The van der Waals surface area contributed by atoms with Gasteiger partial charge in [-0.05, 0) is 115 Å². The molecule has 1 unspecified atom stereocenters. The molecule has 12 rings (SSSR count). The first kappa shape index (κ1) is 32.8. The molecule has 1 atom stereocenters. The lowest BCUT2D eigenvalue weighted by Crippen LogP contribution is -2.27. The molecule has 8 aromatic carbocycles. The second kappa shape index (κ2) is 12.5. The van der Waals surface area contributed by atoms with Gasteiger partial charge in [0.2, 0.25) is 0 Å². The molecule has 2 aliphatic carbocycles. The average Bonchev–Trinajstić information content (AvgIpc) is 3.74. The van der Waals surface area contributed by atoms with Crippen LogP contribution in [0.3, 0.4) is 0 Å². The van der Waals surface area contributed by atoms with Gasteiger partial charge in [-0.1, -0.05) is 152 Å². The van der Waals surface area contributed by atoms with Gasteiger partial charge in [-0.3, -0.25) is 4.99 Å². The van der Waals surface area contributed by atoms with Crippen LogP contribution in [0.2, 0.25) is 0 Å². The highest BCUT2D eigenvalue weighted by Gasteiger charge is 2.52. The zero-order valence-corrected chi connectivity index (χ0v) is 31.8. The predicted molar refractivity (Wildman–Crippen MR) is 233 cm³/mol. The molecule has 2 aliphatic heterocycles. The van der Waals surface area contributed by atoms with E-state index in [1.807, 2.05) is 24.3 Å². The molecule has 2 heterocycles. The molecule has 8 aromatic rings. The van der Waals surface area contributed by atoms with Crippen LogP contribution in [0.25, 0.3) is 39.1 Å². The summed E-state index contributed by atoms with van der Waals surface area (Å²) in [4.78, 5) is 7.70. The summed E-state index contributed by atoms with van der Waals surface area (Å²) in [6.45, 7) is 0. The summed E-state index contributed by atoms with van der Waals surface area (Å²) in [6, 6.07) is 67.2. The van der Waals surface area contributed by atoms with Gasteiger partial charge in [-0.2, -0.15) is 0 Å². The number of para-hydroxylation sites is 2. The van der Waals surface area contributed by atoms with Crippen molar-refractivity contribution in [3.63, 3.8) is 0 Å². The van der Waals surface area contributed by atoms with E-state index in [0.717, 1.165) is 67.8 Å². The molecule has 274 valence electrons. The maximum Gasteiger partial charge on any atom is 0.170 e. The monoisotopic (exact) mass is 744 g/mol. The van der Waals surface area contributed by atoms with Gasteiger partial charge in [-0.15, -0.1) is 0 Å². The predicted octanol–water partition coefficient (Wildman–Crippen LogP) is 13.1. The summed E-state index contributed by atoms with van der Waals surface area (Å²) in [5, 5.41) is 0. The summed E-state index contributed by atoms with van der Waals surface area (Å²) in [5.74, 6) is 2.91. The van der Waals surface area contributed by atoms with Crippen LogP contribution < -0.4 is 9.47 Å². The molecule has 0 amide bonds. The lowest BCUT2D eigenvalue weighted by Gasteiger charge is -2.34. The number of aliphatic imine (C=N–C) groups is 1. The molecule has 0 saturated heterocycles. The molecule has 58 heavy (non-hydrogen) atoms. The van der Waals surface area contributed by atoms with E-state index in [1.54, 1.807) is 0 Å². The van der Waals surface area contributed by atoms with E-state index in [4.69, 9.17) is 14.5 Å². The van der Waals surface area contributed by atoms with Crippen LogP contribution in [0.4, 0.5) is 0 Å². The van der Waals surface area contributed by atoms with Crippen molar-refractivity contribution in [2.75, 3.05) is 7.05 Å². The van der Waals surface area contributed by atoms with Crippen LogP contribution in [-0.4, -0.2) is 17.7 Å². The minimum atomic E-state index is -0.547. The summed E-state index contributed by atoms with van der Waals surface area (Å²) >= 11 is 0. The number of allylic oxidation sites excluding steroid dienone is 1. The zero-order valence-electron chi connectivity index (χ0n) is 31.8. The van der Waals surface area contributed by atoms with Crippen molar-refractivity contribution in [3.8, 4) is 56.4 Å². The van der Waals surface area contributed by atoms with Crippen molar-refractivity contribution in [1.29, 1.82) is 0 Å². The van der Waals surface area contributed by atoms with Crippen molar-refractivity contribution < 1.29 is 9.47 Å². The van der Waals surface area contributed by atoms with E-state index in [1.165, 1.54) is 38.9 Å². The Kier molecular flexibility index (Phi) is 7.09. The fourth-order valence-electron chi connectivity index (χ4n) is 9.80. The van der Waals surface area contributed by atoms with Gasteiger partial charge in [0.15, 0.2) is 23.0 Å². The van der Waals surface area contributed by atoms with Gasteiger partial charge < -0.3 is 14.4 Å².